The van der Waals surface area contributed by atoms with E-state index in [0.717, 1.165) is 11.4 Å². The molecule has 0 radical (unpaired) electrons. The third kappa shape index (κ3) is 5.56. The summed E-state index contributed by atoms with van der Waals surface area (Å²) in [4.78, 5) is 7.90. The van der Waals surface area contributed by atoms with Crippen LogP contribution in [0.4, 0.5) is 0 Å². The third-order valence-corrected chi connectivity index (χ3v) is 0.814. The smallest absolute Gasteiger partial charge is 0.184 e. The van der Waals surface area contributed by atoms with Crippen molar-refractivity contribution < 1.29 is 0 Å². The predicted octanol–water partition coefficient (Wildman–Crippen LogP) is 2.29. The topological polar surface area (TPSA) is 24.7 Å². The molecule has 0 saturated heterocycles. The van der Waals surface area contributed by atoms with Gasteiger partial charge in [-0.05, 0) is 20.8 Å². The molecule has 0 aromatic rings. The van der Waals surface area contributed by atoms with Crippen LogP contribution >= 0.6 is 12.6 Å². The lowest BCUT2D eigenvalue weighted by atomic mass is 10.5. The standard InChI is InChI=1S/C7H12N2S/c1-5(2)8-7(10)9-6(3)4/h1H2,2-4H3,(H,8,10). The summed E-state index contributed by atoms with van der Waals surface area (Å²) in [6.45, 7) is 9.19. The number of amidine groups is 1. The summed E-state index contributed by atoms with van der Waals surface area (Å²) in [5.74, 6) is 0. The van der Waals surface area contributed by atoms with Crippen molar-refractivity contribution in [2.45, 2.75) is 20.8 Å². The van der Waals surface area contributed by atoms with E-state index in [2.05, 4.69) is 29.2 Å². The van der Waals surface area contributed by atoms with E-state index in [-0.39, 0.29) is 0 Å². The Kier molecular flexibility index (Phi) is 4.03. The highest BCUT2D eigenvalue weighted by Crippen LogP contribution is 1.95. The third-order valence-electron chi connectivity index (χ3n) is 0.614. The monoisotopic (exact) mass is 156 g/mol. The van der Waals surface area contributed by atoms with Crippen molar-refractivity contribution in [3.8, 4) is 0 Å². The van der Waals surface area contributed by atoms with Gasteiger partial charge in [-0.2, -0.15) is 0 Å². The molecule has 0 heterocycles. The van der Waals surface area contributed by atoms with Gasteiger partial charge in [-0.15, -0.1) is 12.6 Å². The quantitative estimate of drug-likeness (QED) is 0.342. The molecule has 56 valence electrons. The molecule has 0 amide bonds. The van der Waals surface area contributed by atoms with E-state index < -0.39 is 0 Å². The van der Waals surface area contributed by atoms with Crippen LogP contribution in [0.25, 0.3) is 0 Å². The molecule has 0 aromatic heterocycles. The maximum Gasteiger partial charge on any atom is 0.184 e. The summed E-state index contributed by atoms with van der Waals surface area (Å²) in [7, 11) is 0. The van der Waals surface area contributed by atoms with Gasteiger partial charge in [-0.3, -0.25) is 0 Å². The second-order valence-electron chi connectivity index (χ2n) is 2.21. The molecular formula is C7H12N2S. The van der Waals surface area contributed by atoms with Gasteiger partial charge in [0.25, 0.3) is 0 Å². The number of nitrogens with zero attached hydrogens (tertiary/aromatic N) is 2. The zero-order valence-corrected chi connectivity index (χ0v) is 7.44. The summed E-state index contributed by atoms with van der Waals surface area (Å²) < 4.78 is 0. The van der Waals surface area contributed by atoms with E-state index >= 15 is 0 Å². The van der Waals surface area contributed by atoms with Gasteiger partial charge in [0.2, 0.25) is 0 Å². The Hall–Kier alpha value is -0.570. The first kappa shape index (κ1) is 9.43. The Morgan fingerprint density at radius 2 is 1.70 bits per heavy atom. The van der Waals surface area contributed by atoms with Crippen LogP contribution in [0.5, 0.6) is 0 Å². The molecule has 0 atom stereocenters. The zero-order chi connectivity index (χ0) is 8.15. The molecule has 0 saturated carbocycles. The van der Waals surface area contributed by atoms with E-state index in [9.17, 15) is 0 Å². The number of hydrogen-bond donors (Lipinski definition) is 1. The zero-order valence-electron chi connectivity index (χ0n) is 6.55. The van der Waals surface area contributed by atoms with Gasteiger partial charge in [-0.25, -0.2) is 9.98 Å². The summed E-state index contributed by atoms with van der Waals surface area (Å²) >= 11 is 4.01. The number of aliphatic imine (C=N–C) groups is 2. The van der Waals surface area contributed by atoms with Crippen molar-refractivity contribution in [1.29, 1.82) is 0 Å². The van der Waals surface area contributed by atoms with Crippen molar-refractivity contribution in [2.75, 3.05) is 0 Å². The summed E-state index contributed by atoms with van der Waals surface area (Å²) in [5.41, 5.74) is 1.66. The highest BCUT2D eigenvalue weighted by molar-refractivity contribution is 7.97. The lowest BCUT2D eigenvalue weighted by molar-refractivity contribution is 1.32. The van der Waals surface area contributed by atoms with E-state index in [1.54, 1.807) is 6.92 Å². The molecule has 0 fully saturated rings. The normalized spacial score (nSPS) is 11.0. The van der Waals surface area contributed by atoms with Crippen molar-refractivity contribution >= 4 is 23.5 Å². The highest BCUT2D eigenvalue weighted by atomic mass is 32.1. The lowest BCUT2D eigenvalue weighted by Gasteiger charge is -1.91. The van der Waals surface area contributed by atoms with Gasteiger partial charge < -0.3 is 0 Å². The number of rotatable bonds is 1. The van der Waals surface area contributed by atoms with Crippen LogP contribution in [-0.2, 0) is 0 Å². The van der Waals surface area contributed by atoms with Crippen molar-refractivity contribution in [3.05, 3.63) is 12.3 Å². The molecule has 0 bridgehead atoms. The molecule has 0 rings (SSSR count). The Balaban J connectivity index is 4.22. The molecule has 0 N–H and O–H groups in total. The molecule has 0 unspecified atom stereocenters. The molecule has 2 nitrogen and oxygen atoms in total. The molecule has 10 heavy (non-hydrogen) atoms. The van der Waals surface area contributed by atoms with Crippen LogP contribution in [0.2, 0.25) is 0 Å². The fourth-order valence-corrected chi connectivity index (χ4v) is 0.766. The first-order chi connectivity index (χ1) is 4.52. The number of thiol groups is 1. The second-order valence-corrected chi connectivity index (χ2v) is 2.61. The van der Waals surface area contributed by atoms with Crippen LogP contribution in [0.15, 0.2) is 22.3 Å². The van der Waals surface area contributed by atoms with E-state index in [1.807, 2.05) is 13.8 Å². The Labute approximate surface area is 67.2 Å². The maximum atomic E-state index is 4.01. The summed E-state index contributed by atoms with van der Waals surface area (Å²) in [5, 5.41) is 0.465. The number of hydrogen-bond acceptors (Lipinski definition) is 1. The average molecular weight is 156 g/mol. The first-order valence-electron chi connectivity index (χ1n) is 2.97. The minimum absolute atomic E-state index is 0.465. The van der Waals surface area contributed by atoms with Crippen LogP contribution < -0.4 is 0 Å². The van der Waals surface area contributed by atoms with Crippen molar-refractivity contribution in [1.82, 2.24) is 0 Å². The molecule has 0 spiro atoms. The van der Waals surface area contributed by atoms with Crippen LogP contribution in [0.1, 0.15) is 20.8 Å². The fourth-order valence-electron chi connectivity index (χ4n) is 0.396. The molecule has 0 aromatic carbocycles. The summed E-state index contributed by atoms with van der Waals surface area (Å²) in [6, 6.07) is 0. The van der Waals surface area contributed by atoms with Crippen LogP contribution in [0, 0.1) is 0 Å². The molecule has 0 aliphatic heterocycles. The van der Waals surface area contributed by atoms with Gasteiger partial charge >= 0.3 is 0 Å². The minimum Gasteiger partial charge on any atom is -0.233 e. The summed E-state index contributed by atoms with van der Waals surface area (Å²) in [6.07, 6.45) is 0. The molecule has 0 aliphatic rings. The van der Waals surface area contributed by atoms with Crippen molar-refractivity contribution in [2.24, 2.45) is 9.98 Å². The van der Waals surface area contributed by atoms with Gasteiger partial charge in [0.15, 0.2) is 5.17 Å². The lowest BCUT2D eigenvalue weighted by Crippen LogP contribution is -1.87. The van der Waals surface area contributed by atoms with E-state index in [0.29, 0.717) is 5.17 Å². The van der Waals surface area contributed by atoms with Crippen LogP contribution in [-0.4, -0.2) is 10.9 Å². The van der Waals surface area contributed by atoms with Gasteiger partial charge in [-0.1, -0.05) is 6.58 Å². The number of allylic oxidation sites excluding steroid dienone is 1. The van der Waals surface area contributed by atoms with Gasteiger partial charge in [0.05, 0.1) is 0 Å². The first-order valence-corrected chi connectivity index (χ1v) is 3.42. The maximum absolute atomic E-state index is 4.01. The van der Waals surface area contributed by atoms with Crippen LogP contribution in [0.3, 0.4) is 0 Å². The van der Waals surface area contributed by atoms with Gasteiger partial charge in [0.1, 0.15) is 0 Å². The van der Waals surface area contributed by atoms with Gasteiger partial charge in [0, 0.05) is 11.4 Å². The Morgan fingerprint density at radius 3 is 2.00 bits per heavy atom. The molecular weight excluding hydrogens is 144 g/mol. The van der Waals surface area contributed by atoms with E-state index in [4.69, 9.17) is 0 Å². The Morgan fingerprint density at radius 1 is 1.20 bits per heavy atom. The average Bonchev–Trinajstić information content (AvgIpc) is 1.58. The van der Waals surface area contributed by atoms with Crippen molar-refractivity contribution in [3.63, 3.8) is 0 Å². The minimum atomic E-state index is 0.465. The Bertz CT molecular complexity index is 188. The second kappa shape index (κ2) is 4.28. The largest absolute Gasteiger partial charge is 0.233 e. The fraction of sp³-hybridized carbons (Fsp3) is 0.429. The van der Waals surface area contributed by atoms with E-state index in [1.165, 1.54) is 0 Å². The SMILES string of the molecule is C=C(C)/N=C(/S)N=C(C)C. The highest BCUT2D eigenvalue weighted by Gasteiger charge is 1.85. The molecule has 3 heteroatoms. The predicted molar refractivity (Wildman–Crippen MR) is 50.0 cm³/mol. The molecule has 0 aliphatic carbocycles.